The van der Waals surface area contributed by atoms with Crippen LogP contribution in [-0.4, -0.2) is 11.3 Å². The molecule has 0 aromatic carbocycles. The van der Waals surface area contributed by atoms with Crippen LogP contribution in [0.5, 0.6) is 0 Å². The smallest absolute Gasteiger partial charge is 0.177 e. The summed E-state index contributed by atoms with van der Waals surface area (Å²) in [7, 11) is 0. The zero-order valence-corrected chi connectivity index (χ0v) is 7.02. The molecule has 0 aliphatic heterocycles. The Kier molecular flexibility index (Phi) is 2.14. The zero-order chi connectivity index (χ0) is 8.48. The summed E-state index contributed by atoms with van der Waals surface area (Å²) >= 11 is 0. The highest BCUT2D eigenvalue weighted by Crippen LogP contribution is 2.29. The Morgan fingerprint density at radius 1 is 1.45 bits per heavy atom. The normalized spacial score (nSPS) is 21.6. The summed E-state index contributed by atoms with van der Waals surface area (Å²) in [5.41, 5.74) is 5.92. The van der Waals surface area contributed by atoms with Crippen LogP contribution in [0.25, 0.3) is 0 Å². The third-order valence-electron chi connectivity index (χ3n) is 2.34. The van der Waals surface area contributed by atoms with Gasteiger partial charge in [-0.3, -0.25) is 4.79 Å². The van der Waals surface area contributed by atoms with Gasteiger partial charge in [0, 0.05) is 0 Å². The maximum absolute atomic E-state index is 11.4. The number of hydrogen-bond acceptors (Lipinski definition) is 2. The molecule has 11 heavy (non-hydrogen) atoms. The van der Waals surface area contributed by atoms with Gasteiger partial charge in [0.05, 0.1) is 5.54 Å². The molecule has 0 bridgehead atoms. The fourth-order valence-corrected chi connectivity index (χ4v) is 1.66. The molecule has 62 valence electrons. The lowest BCUT2D eigenvalue weighted by molar-refractivity contribution is -0.120. The molecule has 0 unspecified atom stereocenters. The Balaban J connectivity index is 2.71. The molecule has 2 nitrogen and oxygen atoms in total. The highest BCUT2D eigenvalue weighted by atomic mass is 16.1. The van der Waals surface area contributed by atoms with Crippen LogP contribution in [0.4, 0.5) is 0 Å². The van der Waals surface area contributed by atoms with E-state index >= 15 is 0 Å². The Morgan fingerprint density at radius 3 is 2.27 bits per heavy atom. The van der Waals surface area contributed by atoms with Crippen LogP contribution in [0.2, 0.25) is 0 Å². The van der Waals surface area contributed by atoms with E-state index in [0.29, 0.717) is 5.57 Å². The highest BCUT2D eigenvalue weighted by Gasteiger charge is 2.36. The standard InChI is InChI=1S/C9H15NO/c1-7(2)8(11)9(10)5-3-4-6-9/h1,3-6,10H2,2H3. The van der Waals surface area contributed by atoms with Crippen LogP contribution in [0.3, 0.4) is 0 Å². The topological polar surface area (TPSA) is 43.1 Å². The van der Waals surface area contributed by atoms with Crippen molar-refractivity contribution in [3.05, 3.63) is 12.2 Å². The van der Waals surface area contributed by atoms with Crippen molar-refractivity contribution in [2.45, 2.75) is 38.1 Å². The minimum absolute atomic E-state index is 0.0509. The minimum atomic E-state index is -0.564. The number of Topliss-reactive ketones (excluding diaryl/α,β-unsaturated/α-hetero) is 1. The first-order valence-corrected chi connectivity index (χ1v) is 4.05. The van der Waals surface area contributed by atoms with Gasteiger partial charge >= 0.3 is 0 Å². The first-order chi connectivity index (χ1) is 5.06. The van der Waals surface area contributed by atoms with Gasteiger partial charge in [0.25, 0.3) is 0 Å². The number of hydrogen-bond donors (Lipinski definition) is 1. The first kappa shape index (κ1) is 8.47. The lowest BCUT2D eigenvalue weighted by Crippen LogP contribution is -2.45. The molecule has 1 rings (SSSR count). The Bertz CT molecular complexity index is 190. The van der Waals surface area contributed by atoms with E-state index in [2.05, 4.69) is 6.58 Å². The van der Waals surface area contributed by atoms with Crippen LogP contribution < -0.4 is 5.73 Å². The SMILES string of the molecule is C=C(C)C(=O)C1(N)CCCC1. The summed E-state index contributed by atoms with van der Waals surface area (Å²) in [5, 5.41) is 0. The predicted molar refractivity (Wildman–Crippen MR) is 45.2 cm³/mol. The van der Waals surface area contributed by atoms with Crippen molar-refractivity contribution in [3.63, 3.8) is 0 Å². The Morgan fingerprint density at radius 2 is 1.91 bits per heavy atom. The first-order valence-electron chi connectivity index (χ1n) is 4.05. The van der Waals surface area contributed by atoms with Crippen molar-refractivity contribution >= 4 is 5.78 Å². The summed E-state index contributed by atoms with van der Waals surface area (Å²) < 4.78 is 0. The molecule has 2 heteroatoms. The van der Waals surface area contributed by atoms with Gasteiger partial charge in [0.2, 0.25) is 0 Å². The minimum Gasteiger partial charge on any atom is -0.319 e. The second kappa shape index (κ2) is 2.78. The average molecular weight is 153 g/mol. The summed E-state index contributed by atoms with van der Waals surface area (Å²) in [6.45, 7) is 5.35. The summed E-state index contributed by atoms with van der Waals surface area (Å²) in [5.74, 6) is 0.0509. The van der Waals surface area contributed by atoms with Gasteiger partial charge in [-0.05, 0) is 25.3 Å². The lowest BCUT2D eigenvalue weighted by Gasteiger charge is -2.21. The summed E-state index contributed by atoms with van der Waals surface area (Å²) in [6, 6.07) is 0. The Hall–Kier alpha value is -0.630. The second-order valence-corrected chi connectivity index (χ2v) is 3.47. The molecule has 0 aromatic rings. The molecule has 2 N–H and O–H groups in total. The van der Waals surface area contributed by atoms with E-state index in [4.69, 9.17) is 5.73 Å². The van der Waals surface area contributed by atoms with Gasteiger partial charge in [0.1, 0.15) is 0 Å². The van der Waals surface area contributed by atoms with Crippen molar-refractivity contribution < 1.29 is 4.79 Å². The maximum Gasteiger partial charge on any atom is 0.177 e. The van der Waals surface area contributed by atoms with Gasteiger partial charge in [-0.2, -0.15) is 0 Å². The van der Waals surface area contributed by atoms with Crippen molar-refractivity contribution in [3.8, 4) is 0 Å². The molecular weight excluding hydrogens is 138 g/mol. The van der Waals surface area contributed by atoms with Gasteiger partial charge in [0.15, 0.2) is 5.78 Å². The van der Waals surface area contributed by atoms with Crippen LogP contribution in [-0.2, 0) is 4.79 Å². The molecule has 0 radical (unpaired) electrons. The number of ketones is 1. The van der Waals surface area contributed by atoms with Crippen LogP contribution in [0.15, 0.2) is 12.2 Å². The molecule has 0 saturated heterocycles. The number of carbonyl (C=O) groups is 1. The van der Waals surface area contributed by atoms with E-state index in [1.54, 1.807) is 6.92 Å². The average Bonchev–Trinajstić information content (AvgIpc) is 2.35. The fraction of sp³-hybridized carbons (Fsp3) is 0.667. The number of nitrogens with two attached hydrogens (primary N) is 1. The molecule has 1 saturated carbocycles. The van der Waals surface area contributed by atoms with E-state index in [-0.39, 0.29) is 5.78 Å². The molecule has 1 aliphatic rings. The van der Waals surface area contributed by atoms with Gasteiger partial charge in [-0.15, -0.1) is 0 Å². The van der Waals surface area contributed by atoms with Crippen molar-refractivity contribution in [1.82, 2.24) is 0 Å². The second-order valence-electron chi connectivity index (χ2n) is 3.47. The van der Waals surface area contributed by atoms with Crippen LogP contribution in [0.1, 0.15) is 32.6 Å². The van der Waals surface area contributed by atoms with Crippen LogP contribution in [0, 0.1) is 0 Å². The predicted octanol–water partition coefficient (Wildman–Crippen LogP) is 1.40. The van der Waals surface area contributed by atoms with E-state index in [1.807, 2.05) is 0 Å². The number of rotatable bonds is 2. The zero-order valence-electron chi connectivity index (χ0n) is 7.02. The molecule has 0 atom stereocenters. The highest BCUT2D eigenvalue weighted by molar-refractivity contribution is 6.01. The molecule has 0 heterocycles. The summed E-state index contributed by atoms with van der Waals surface area (Å²) in [4.78, 5) is 11.4. The molecule has 0 aromatic heterocycles. The van der Waals surface area contributed by atoms with Gasteiger partial charge in [-0.1, -0.05) is 19.4 Å². The van der Waals surface area contributed by atoms with Gasteiger partial charge in [-0.25, -0.2) is 0 Å². The van der Waals surface area contributed by atoms with E-state index in [1.165, 1.54) is 0 Å². The third-order valence-corrected chi connectivity index (χ3v) is 2.34. The quantitative estimate of drug-likeness (QED) is 0.609. The van der Waals surface area contributed by atoms with Crippen molar-refractivity contribution in [2.24, 2.45) is 5.73 Å². The van der Waals surface area contributed by atoms with E-state index in [9.17, 15) is 4.79 Å². The monoisotopic (exact) mass is 153 g/mol. The molecule has 0 amide bonds. The summed E-state index contributed by atoms with van der Waals surface area (Å²) in [6.07, 6.45) is 3.82. The van der Waals surface area contributed by atoms with Gasteiger partial charge < -0.3 is 5.73 Å². The van der Waals surface area contributed by atoms with Crippen molar-refractivity contribution in [1.29, 1.82) is 0 Å². The van der Waals surface area contributed by atoms with E-state index in [0.717, 1.165) is 25.7 Å². The van der Waals surface area contributed by atoms with Crippen LogP contribution >= 0.6 is 0 Å². The molecule has 0 spiro atoms. The molecule has 1 aliphatic carbocycles. The largest absolute Gasteiger partial charge is 0.319 e. The fourth-order valence-electron chi connectivity index (χ4n) is 1.66. The van der Waals surface area contributed by atoms with Crippen molar-refractivity contribution in [2.75, 3.05) is 0 Å². The molecular formula is C9H15NO. The lowest BCUT2D eigenvalue weighted by atomic mass is 9.90. The number of carbonyl (C=O) groups excluding carboxylic acids is 1. The Labute approximate surface area is 67.5 Å². The molecule has 1 fully saturated rings. The van der Waals surface area contributed by atoms with E-state index < -0.39 is 5.54 Å². The third kappa shape index (κ3) is 1.51. The maximum atomic E-state index is 11.4.